The lowest BCUT2D eigenvalue weighted by molar-refractivity contribution is 0.996. The third-order valence-electron chi connectivity index (χ3n) is 2.39. The van der Waals surface area contributed by atoms with Crippen LogP contribution in [-0.4, -0.2) is 26.2 Å². The SMILES string of the molecule is CSc1ncnc2sc(-c3nc(CN=[N+]=[N-])cs3)nc12. The van der Waals surface area contributed by atoms with E-state index in [1.54, 1.807) is 18.1 Å². The van der Waals surface area contributed by atoms with Crippen molar-refractivity contribution in [3.05, 3.63) is 27.8 Å². The second-order valence-electron chi connectivity index (χ2n) is 3.59. The van der Waals surface area contributed by atoms with Gasteiger partial charge in [-0.3, -0.25) is 0 Å². The molecular weight excluding hydrogens is 314 g/mol. The van der Waals surface area contributed by atoms with Crippen molar-refractivity contribution in [1.29, 1.82) is 0 Å². The first kappa shape index (κ1) is 13.3. The summed E-state index contributed by atoms with van der Waals surface area (Å²) in [6.07, 6.45) is 3.51. The summed E-state index contributed by atoms with van der Waals surface area (Å²) in [5.41, 5.74) is 9.87. The smallest absolute Gasteiger partial charge is 0.155 e. The van der Waals surface area contributed by atoms with E-state index >= 15 is 0 Å². The summed E-state index contributed by atoms with van der Waals surface area (Å²) in [5.74, 6) is 0. The van der Waals surface area contributed by atoms with Crippen molar-refractivity contribution in [2.75, 3.05) is 6.26 Å². The molecule has 0 radical (unpaired) electrons. The van der Waals surface area contributed by atoms with Crippen molar-refractivity contribution < 1.29 is 0 Å². The molecule has 0 aliphatic heterocycles. The van der Waals surface area contributed by atoms with Crippen LogP contribution in [0.4, 0.5) is 0 Å². The molecule has 0 aromatic carbocycles. The zero-order valence-corrected chi connectivity index (χ0v) is 12.7. The van der Waals surface area contributed by atoms with Gasteiger partial charge in [0, 0.05) is 10.3 Å². The number of nitrogens with zero attached hydrogens (tertiary/aromatic N) is 7. The van der Waals surface area contributed by atoms with Gasteiger partial charge in [-0.1, -0.05) is 16.5 Å². The molecule has 0 aliphatic carbocycles. The highest BCUT2D eigenvalue weighted by Crippen LogP contribution is 2.33. The molecule has 0 spiro atoms. The van der Waals surface area contributed by atoms with E-state index in [-0.39, 0.29) is 6.54 Å². The lowest BCUT2D eigenvalue weighted by Crippen LogP contribution is -1.83. The normalized spacial score (nSPS) is 10.7. The van der Waals surface area contributed by atoms with E-state index < -0.39 is 0 Å². The molecule has 0 bridgehead atoms. The summed E-state index contributed by atoms with van der Waals surface area (Å²) in [6.45, 7) is 0.258. The maximum atomic E-state index is 8.31. The summed E-state index contributed by atoms with van der Waals surface area (Å²) in [5, 5.41) is 7.86. The molecule has 7 nitrogen and oxygen atoms in total. The zero-order valence-electron chi connectivity index (χ0n) is 10.2. The predicted molar refractivity (Wildman–Crippen MR) is 80.9 cm³/mol. The number of rotatable bonds is 4. The number of hydrogen-bond acceptors (Lipinski definition) is 8. The molecule has 3 aromatic rings. The van der Waals surface area contributed by atoms with Crippen molar-refractivity contribution in [1.82, 2.24) is 19.9 Å². The van der Waals surface area contributed by atoms with E-state index in [9.17, 15) is 0 Å². The molecule has 3 aromatic heterocycles. The van der Waals surface area contributed by atoms with Crippen LogP contribution >= 0.6 is 34.4 Å². The van der Waals surface area contributed by atoms with E-state index in [1.807, 2.05) is 11.6 Å². The highest BCUT2D eigenvalue weighted by molar-refractivity contribution is 7.98. The molecule has 0 aliphatic rings. The lowest BCUT2D eigenvalue weighted by Gasteiger charge is -1.92. The quantitative estimate of drug-likeness (QED) is 0.239. The average Bonchev–Trinajstić information content (AvgIpc) is 3.10. The monoisotopic (exact) mass is 321 g/mol. The van der Waals surface area contributed by atoms with E-state index in [2.05, 4.69) is 30.0 Å². The maximum absolute atomic E-state index is 8.31. The summed E-state index contributed by atoms with van der Waals surface area (Å²) < 4.78 is 0. The second-order valence-corrected chi connectivity index (χ2v) is 6.22. The number of fused-ring (bicyclic) bond motifs is 1. The molecule has 0 saturated carbocycles. The van der Waals surface area contributed by atoms with Crippen LogP contribution < -0.4 is 0 Å². The summed E-state index contributed by atoms with van der Waals surface area (Å²) in [4.78, 5) is 21.0. The van der Waals surface area contributed by atoms with E-state index in [0.717, 1.165) is 31.1 Å². The first-order chi connectivity index (χ1) is 9.81. The average molecular weight is 321 g/mol. The standard InChI is InChI=1S/C10H7N7S3/c1-18-7-6-8(13-4-12-7)20-10(16-6)9-15-5(3-19-9)2-14-17-11/h3-4H,2H2,1H3. The van der Waals surface area contributed by atoms with Crippen LogP contribution in [0.5, 0.6) is 0 Å². The number of thiazole rings is 2. The largest absolute Gasteiger partial charge is 0.238 e. The van der Waals surface area contributed by atoms with E-state index in [4.69, 9.17) is 5.53 Å². The highest BCUT2D eigenvalue weighted by atomic mass is 32.2. The van der Waals surface area contributed by atoms with Crippen molar-refractivity contribution >= 4 is 44.8 Å². The van der Waals surface area contributed by atoms with Crippen LogP contribution in [0.1, 0.15) is 5.69 Å². The fraction of sp³-hybridized carbons (Fsp3) is 0.200. The Balaban J connectivity index is 2.01. The Hall–Kier alpha value is -1.74. The summed E-state index contributed by atoms with van der Waals surface area (Å²) >= 11 is 4.51. The topological polar surface area (TPSA) is 100 Å². The molecule has 0 atom stereocenters. The molecule has 100 valence electrons. The molecule has 3 rings (SSSR count). The molecule has 3 heterocycles. The fourth-order valence-corrected chi connectivity index (χ4v) is 3.86. The van der Waals surface area contributed by atoms with Gasteiger partial charge in [0.05, 0.1) is 12.2 Å². The van der Waals surface area contributed by atoms with Gasteiger partial charge in [0.1, 0.15) is 21.7 Å². The van der Waals surface area contributed by atoms with Gasteiger partial charge in [0.2, 0.25) is 0 Å². The van der Waals surface area contributed by atoms with Gasteiger partial charge in [-0.05, 0) is 11.8 Å². The number of hydrogen-bond donors (Lipinski definition) is 0. The molecule has 0 amide bonds. The highest BCUT2D eigenvalue weighted by Gasteiger charge is 2.14. The molecule has 0 saturated heterocycles. The molecule has 0 N–H and O–H groups in total. The van der Waals surface area contributed by atoms with Gasteiger partial charge in [-0.2, -0.15) is 0 Å². The van der Waals surface area contributed by atoms with E-state index in [1.165, 1.54) is 22.7 Å². The van der Waals surface area contributed by atoms with Gasteiger partial charge >= 0.3 is 0 Å². The minimum atomic E-state index is 0.258. The summed E-state index contributed by atoms with van der Waals surface area (Å²) in [7, 11) is 0. The van der Waals surface area contributed by atoms with Crippen LogP contribution in [0, 0.1) is 0 Å². The first-order valence-corrected chi connectivity index (χ1v) is 8.35. The van der Waals surface area contributed by atoms with Gasteiger partial charge in [0.15, 0.2) is 10.0 Å². The summed E-state index contributed by atoms with van der Waals surface area (Å²) in [6, 6.07) is 0. The first-order valence-electron chi connectivity index (χ1n) is 5.43. The third-order valence-corrected chi connectivity index (χ3v) is 5.07. The number of aromatic nitrogens is 4. The van der Waals surface area contributed by atoms with Gasteiger partial charge in [-0.25, -0.2) is 19.9 Å². The number of azide groups is 1. The second kappa shape index (κ2) is 5.71. The van der Waals surface area contributed by atoms with Crippen LogP contribution in [0.25, 0.3) is 30.8 Å². The molecule has 10 heteroatoms. The van der Waals surface area contributed by atoms with E-state index in [0.29, 0.717) is 0 Å². The Morgan fingerprint density at radius 3 is 3.05 bits per heavy atom. The zero-order chi connectivity index (χ0) is 13.9. The Labute approximate surface area is 125 Å². The number of thioether (sulfide) groups is 1. The van der Waals surface area contributed by atoms with Crippen LogP contribution in [0.2, 0.25) is 0 Å². The minimum Gasteiger partial charge on any atom is -0.238 e. The minimum absolute atomic E-state index is 0.258. The Bertz CT molecular complexity index is 802. The van der Waals surface area contributed by atoms with Crippen molar-refractivity contribution in [3.8, 4) is 10.0 Å². The third kappa shape index (κ3) is 2.46. The maximum Gasteiger partial charge on any atom is 0.155 e. The van der Waals surface area contributed by atoms with Crippen LogP contribution in [0.15, 0.2) is 21.8 Å². The fourth-order valence-electron chi connectivity index (χ4n) is 1.56. The van der Waals surface area contributed by atoms with Gasteiger partial charge in [0.25, 0.3) is 0 Å². The van der Waals surface area contributed by atoms with Gasteiger partial charge < -0.3 is 0 Å². The van der Waals surface area contributed by atoms with Crippen molar-refractivity contribution in [2.24, 2.45) is 5.11 Å². The van der Waals surface area contributed by atoms with Crippen molar-refractivity contribution in [2.45, 2.75) is 11.6 Å². The molecule has 20 heavy (non-hydrogen) atoms. The van der Waals surface area contributed by atoms with Crippen molar-refractivity contribution in [3.63, 3.8) is 0 Å². The Morgan fingerprint density at radius 2 is 2.25 bits per heavy atom. The van der Waals surface area contributed by atoms with Gasteiger partial charge in [-0.15, -0.1) is 23.1 Å². The molecule has 0 unspecified atom stereocenters. The van der Waals surface area contributed by atoms with Crippen LogP contribution in [-0.2, 0) is 6.54 Å². The Morgan fingerprint density at radius 1 is 1.35 bits per heavy atom. The molecular formula is C10H7N7S3. The predicted octanol–water partition coefficient (Wildman–Crippen LogP) is 3.74. The Kier molecular flexibility index (Phi) is 3.79. The molecule has 0 fully saturated rings. The lowest BCUT2D eigenvalue weighted by atomic mass is 10.5. The van der Waals surface area contributed by atoms with Crippen LogP contribution in [0.3, 0.4) is 0 Å².